The molecule has 3 unspecified atom stereocenters. The molecule has 24 heavy (non-hydrogen) atoms. The second kappa shape index (κ2) is 7.28. The largest absolute Gasteiger partial charge is 0.456 e. The number of nitrogens with zero attached hydrogens (tertiary/aromatic N) is 1. The minimum atomic E-state index is -0.465. The zero-order chi connectivity index (χ0) is 17.3. The number of aromatic nitrogens is 1. The Morgan fingerprint density at radius 3 is 2.79 bits per heavy atom. The molecule has 1 N–H and O–H groups in total. The lowest BCUT2D eigenvalue weighted by Gasteiger charge is -2.20. The molecule has 2 saturated carbocycles. The van der Waals surface area contributed by atoms with Crippen LogP contribution in [0, 0.1) is 24.7 Å². The summed E-state index contributed by atoms with van der Waals surface area (Å²) in [5.41, 5.74) is 0.636. The zero-order valence-electron chi connectivity index (χ0n) is 13.5. The Bertz CT molecular complexity index is 665. The van der Waals surface area contributed by atoms with Gasteiger partial charge in [-0.25, -0.2) is 4.98 Å². The van der Waals surface area contributed by atoms with Gasteiger partial charge >= 0.3 is 5.97 Å². The summed E-state index contributed by atoms with van der Waals surface area (Å²) in [7, 11) is 0. The minimum absolute atomic E-state index is 0.215. The molecular formula is C17H20Cl2N2O3. The Labute approximate surface area is 151 Å². The number of fused-ring (bicyclic) bond motifs is 2. The fourth-order valence-corrected chi connectivity index (χ4v) is 4.25. The lowest BCUT2D eigenvalue weighted by atomic mass is 9.86. The number of amides is 1. The minimum Gasteiger partial charge on any atom is -0.456 e. The van der Waals surface area contributed by atoms with Gasteiger partial charge in [-0.3, -0.25) is 9.59 Å². The predicted octanol–water partition coefficient (Wildman–Crippen LogP) is 4.00. The highest BCUT2D eigenvalue weighted by Crippen LogP contribution is 2.49. The van der Waals surface area contributed by atoms with Crippen LogP contribution in [0.4, 0.5) is 5.82 Å². The molecule has 2 bridgehead atoms. The zero-order valence-corrected chi connectivity index (χ0v) is 15.0. The Morgan fingerprint density at radius 1 is 1.33 bits per heavy atom. The van der Waals surface area contributed by atoms with Crippen LogP contribution >= 0.6 is 23.2 Å². The Kier molecular flexibility index (Phi) is 5.30. The van der Waals surface area contributed by atoms with Crippen molar-refractivity contribution in [3.63, 3.8) is 0 Å². The van der Waals surface area contributed by atoms with Crippen molar-refractivity contribution in [2.45, 2.75) is 39.0 Å². The molecule has 2 fully saturated rings. The van der Waals surface area contributed by atoms with Gasteiger partial charge in [0, 0.05) is 12.6 Å². The molecule has 0 radical (unpaired) electrons. The van der Waals surface area contributed by atoms with E-state index in [0.29, 0.717) is 28.8 Å². The van der Waals surface area contributed by atoms with Gasteiger partial charge in [-0.15, -0.1) is 0 Å². The van der Waals surface area contributed by atoms with Crippen molar-refractivity contribution in [2.75, 3.05) is 11.9 Å². The molecule has 5 nitrogen and oxygen atoms in total. The second-order valence-electron chi connectivity index (χ2n) is 6.74. The molecule has 0 spiro atoms. The van der Waals surface area contributed by atoms with Crippen molar-refractivity contribution >= 4 is 40.9 Å². The molecule has 1 aromatic heterocycles. The normalized spacial score (nSPS) is 24.9. The lowest BCUT2D eigenvalue weighted by Crippen LogP contribution is -2.23. The molecule has 1 amide bonds. The molecule has 2 aliphatic rings. The van der Waals surface area contributed by atoms with Crippen LogP contribution in [0.25, 0.3) is 0 Å². The van der Waals surface area contributed by atoms with E-state index < -0.39 is 5.91 Å². The number of hydrogen-bond acceptors (Lipinski definition) is 4. The highest BCUT2D eigenvalue weighted by Gasteiger charge is 2.40. The fourth-order valence-electron chi connectivity index (χ4n) is 3.86. The first kappa shape index (κ1) is 17.5. The molecule has 130 valence electrons. The molecule has 3 atom stereocenters. The predicted molar refractivity (Wildman–Crippen MR) is 92.1 cm³/mol. The van der Waals surface area contributed by atoms with Crippen molar-refractivity contribution in [2.24, 2.45) is 17.8 Å². The molecule has 2 aliphatic carbocycles. The molecule has 1 heterocycles. The summed E-state index contributed by atoms with van der Waals surface area (Å²) in [5.74, 6) is 1.32. The lowest BCUT2D eigenvalue weighted by molar-refractivity contribution is -0.148. The van der Waals surface area contributed by atoms with Crippen molar-refractivity contribution in [1.82, 2.24) is 4.98 Å². The standard InChI is InChI=1S/C17H20Cl2N2O3/c1-9-13(18)7-20-17(16(9)19)21-14(22)8-24-15(23)6-12-5-10-2-3-11(12)4-10/h7,10-12H,2-6,8H2,1H3,(H,20,21,22). The number of pyridine rings is 1. The summed E-state index contributed by atoms with van der Waals surface area (Å²) in [6.07, 6.45) is 6.72. The van der Waals surface area contributed by atoms with Crippen molar-refractivity contribution in [1.29, 1.82) is 0 Å². The maximum atomic E-state index is 11.9. The first-order valence-corrected chi connectivity index (χ1v) is 8.95. The van der Waals surface area contributed by atoms with E-state index in [4.69, 9.17) is 27.9 Å². The topological polar surface area (TPSA) is 68.3 Å². The quantitative estimate of drug-likeness (QED) is 0.795. The van der Waals surface area contributed by atoms with Gasteiger partial charge in [-0.1, -0.05) is 29.6 Å². The van der Waals surface area contributed by atoms with Gasteiger partial charge < -0.3 is 10.1 Å². The number of nitrogens with one attached hydrogen (secondary N) is 1. The van der Waals surface area contributed by atoms with E-state index in [2.05, 4.69) is 10.3 Å². The van der Waals surface area contributed by atoms with E-state index >= 15 is 0 Å². The molecule has 7 heteroatoms. The monoisotopic (exact) mass is 370 g/mol. The smallest absolute Gasteiger partial charge is 0.306 e. The van der Waals surface area contributed by atoms with Crippen LogP contribution in [0.5, 0.6) is 0 Å². The Morgan fingerprint density at radius 2 is 2.12 bits per heavy atom. The van der Waals surface area contributed by atoms with Gasteiger partial charge in [0.25, 0.3) is 5.91 Å². The average Bonchev–Trinajstić information content (AvgIpc) is 3.16. The number of rotatable bonds is 5. The van der Waals surface area contributed by atoms with E-state index in [1.165, 1.54) is 25.5 Å². The third kappa shape index (κ3) is 3.83. The number of carbonyl (C=O) groups excluding carboxylic acids is 2. The SMILES string of the molecule is Cc1c(Cl)cnc(NC(=O)COC(=O)CC2CC3CCC2C3)c1Cl. The average molecular weight is 371 g/mol. The van der Waals surface area contributed by atoms with Gasteiger partial charge in [-0.05, 0) is 49.5 Å². The van der Waals surface area contributed by atoms with Crippen LogP contribution in [0.15, 0.2) is 6.20 Å². The number of hydrogen-bond donors (Lipinski definition) is 1. The summed E-state index contributed by atoms with van der Waals surface area (Å²) in [5, 5.41) is 3.24. The molecule has 3 rings (SSSR count). The van der Waals surface area contributed by atoms with Gasteiger partial charge in [0.15, 0.2) is 12.4 Å². The van der Waals surface area contributed by atoms with E-state index in [9.17, 15) is 9.59 Å². The van der Waals surface area contributed by atoms with Crippen LogP contribution in [0.3, 0.4) is 0 Å². The van der Waals surface area contributed by atoms with Gasteiger partial charge in [0.1, 0.15) is 0 Å². The third-order valence-electron chi connectivity index (χ3n) is 5.14. The molecule has 0 aromatic carbocycles. The molecule has 0 saturated heterocycles. The maximum Gasteiger partial charge on any atom is 0.306 e. The van der Waals surface area contributed by atoms with Crippen LogP contribution in [-0.2, 0) is 14.3 Å². The fraction of sp³-hybridized carbons (Fsp3) is 0.588. The molecule has 0 aliphatic heterocycles. The van der Waals surface area contributed by atoms with Crippen LogP contribution in [-0.4, -0.2) is 23.5 Å². The number of ether oxygens (including phenoxy) is 1. The Balaban J connectivity index is 1.45. The van der Waals surface area contributed by atoms with Crippen molar-refractivity contribution < 1.29 is 14.3 Å². The van der Waals surface area contributed by atoms with Crippen molar-refractivity contribution in [3.8, 4) is 0 Å². The van der Waals surface area contributed by atoms with Crippen LogP contribution in [0.2, 0.25) is 10.0 Å². The van der Waals surface area contributed by atoms with Crippen LogP contribution in [0.1, 0.15) is 37.7 Å². The molecule has 1 aromatic rings. The number of esters is 1. The van der Waals surface area contributed by atoms with E-state index in [-0.39, 0.29) is 23.4 Å². The summed E-state index contributed by atoms with van der Waals surface area (Å²) in [6.45, 7) is 1.40. The third-order valence-corrected chi connectivity index (χ3v) is 5.98. The van der Waals surface area contributed by atoms with Crippen molar-refractivity contribution in [3.05, 3.63) is 21.8 Å². The highest BCUT2D eigenvalue weighted by molar-refractivity contribution is 6.37. The summed E-state index contributed by atoms with van der Waals surface area (Å²) in [6, 6.07) is 0. The van der Waals surface area contributed by atoms with Gasteiger partial charge in [0.05, 0.1) is 10.0 Å². The number of halogens is 2. The Hall–Kier alpha value is -1.33. The van der Waals surface area contributed by atoms with Crippen LogP contribution < -0.4 is 5.32 Å². The van der Waals surface area contributed by atoms with E-state index in [0.717, 1.165) is 12.3 Å². The van der Waals surface area contributed by atoms with Gasteiger partial charge in [0.2, 0.25) is 0 Å². The highest BCUT2D eigenvalue weighted by atomic mass is 35.5. The van der Waals surface area contributed by atoms with Gasteiger partial charge in [-0.2, -0.15) is 0 Å². The summed E-state index contributed by atoms with van der Waals surface area (Å²) in [4.78, 5) is 27.8. The summed E-state index contributed by atoms with van der Waals surface area (Å²) >= 11 is 12.0. The van der Waals surface area contributed by atoms with E-state index in [1.54, 1.807) is 6.92 Å². The number of carbonyl (C=O) groups is 2. The second-order valence-corrected chi connectivity index (χ2v) is 7.53. The molecular weight excluding hydrogens is 351 g/mol. The first-order valence-electron chi connectivity index (χ1n) is 8.20. The number of anilines is 1. The summed E-state index contributed by atoms with van der Waals surface area (Å²) < 4.78 is 5.09. The first-order chi connectivity index (χ1) is 11.4. The van der Waals surface area contributed by atoms with E-state index in [1.807, 2.05) is 0 Å². The maximum absolute atomic E-state index is 11.9.